The zero-order valence-corrected chi connectivity index (χ0v) is 13.0. The topological polar surface area (TPSA) is 0 Å². The minimum atomic E-state index is -1.48. The second-order valence-corrected chi connectivity index (χ2v) is 84.4. The first-order valence-corrected chi connectivity index (χ1v) is 28.7. The van der Waals surface area contributed by atoms with Crippen LogP contribution in [0, 0.1) is 0 Å². The molecule has 0 aromatic carbocycles. The Balaban J connectivity index is 3.34. The number of halogens is 3. The molecule has 7 heavy (non-hydrogen) atoms. The average molecular weight is 540 g/mol. The van der Waals surface area contributed by atoms with E-state index in [9.17, 15) is 0 Å². The molecule has 0 nitrogen and oxygen atoms in total. The van der Waals surface area contributed by atoms with Crippen LogP contribution in [0.4, 0.5) is 0 Å². The predicted molar refractivity (Wildman–Crippen MR) is 62.8 cm³/mol. The molecule has 0 saturated carbocycles. The van der Waals surface area contributed by atoms with E-state index in [0.717, 1.165) is 0 Å². The van der Waals surface area contributed by atoms with Crippen LogP contribution in [0.5, 0.6) is 0 Å². The summed E-state index contributed by atoms with van der Waals surface area (Å²) in [5.41, 5.74) is 0. The maximum absolute atomic E-state index is 3.68. The van der Waals surface area contributed by atoms with E-state index in [-0.39, 0.29) is 0 Å². The van der Waals surface area contributed by atoms with Crippen LogP contribution in [0.2, 0.25) is 4.44 Å². The first-order chi connectivity index (χ1) is 3.06. The molecule has 0 atom stereocenters. The van der Waals surface area contributed by atoms with Crippen molar-refractivity contribution in [1.29, 1.82) is 0 Å². The summed E-state index contributed by atoms with van der Waals surface area (Å²) in [4.78, 5) is 0. The quantitative estimate of drug-likeness (QED) is 0.286. The fourth-order valence-corrected chi connectivity index (χ4v) is 7.36. The average Bonchev–Trinajstić information content (AvgIpc) is 1.30. The summed E-state index contributed by atoms with van der Waals surface area (Å²) >= 11 is 7.77. The molecule has 0 aliphatic rings. The van der Waals surface area contributed by atoms with Gasteiger partial charge in [-0.2, -0.15) is 0 Å². The fraction of sp³-hybridized carbons (Fsp3) is 0.333. The molecule has 0 aromatic heterocycles. The van der Waals surface area contributed by atoms with E-state index in [0.29, 0.717) is 0 Å². The van der Waals surface area contributed by atoms with Gasteiger partial charge in [0.1, 0.15) is 0 Å². The summed E-state index contributed by atoms with van der Waals surface area (Å²) in [5.74, 6) is 0. The van der Waals surface area contributed by atoms with Gasteiger partial charge in [0.05, 0.1) is 0 Å². The zero-order valence-electron chi connectivity index (χ0n) is 3.63. The molecule has 0 amide bonds. The molecular weight excluding hydrogens is 535 g/mol. The van der Waals surface area contributed by atoms with Crippen LogP contribution in [0.25, 0.3) is 0 Å². The molecule has 0 saturated heterocycles. The third-order valence-electron chi connectivity index (χ3n) is 0.376. The molecule has 0 radical (unpaired) electrons. The van der Waals surface area contributed by atoms with Crippen molar-refractivity contribution in [3.63, 3.8) is 0 Å². The van der Waals surface area contributed by atoms with E-state index in [1.807, 2.05) is 6.08 Å². The Hall–Kier alpha value is 2.73. The van der Waals surface area contributed by atoms with Crippen LogP contribution in [0.15, 0.2) is 12.7 Å². The molecule has 0 aromatic rings. The van der Waals surface area contributed by atoms with Crippen LogP contribution in [-0.4, -0.2) is 6.47 Å². The Bertz CT molecular complexity index is 65.1. The monoisotopic (exact) mass is 542 g/mol. The van der Waals surface area contributed by atoms with E-state index in [1.165, 1.54) is 4.44 Å². The Morgan fingerprint density at radius 3 is 1.86 bits per heavy atom. The van der Waals surface area contributed by atoms with Crippen molar-refractivity contribution in [2.24, 2.45) is 0 Å². The molecule has 0 spiro atoms. The molecular formula is C3H5I3Sn. The summed E-state index contributed by atoms with van der Waals surface area (Å²) in [6.45, 7) is 2.20. The van der Waals surface area contributed by atoms with Crippen molar-refractivity contribution in [3.05, 3.63) is 12.7 Å². The number of rotatable bonds is 2. The summed E-state index contributed by atoms with van der Waals surface area (Å²) in [6, 6.07) is 0. The molecule has 0 N–H and O–H groups in total. The van der Waals surface area contributed by atoms with Crippen LogP contribution >= 0.6 is 55.9 Å². The van der Waals surface area contributed by atoms with E-state index in [2.05, 4.69) is 62.5 Å². The summed E-state index contributed by atoms with van der Waals surface area (Å²) < 4.78 is 1.27. The molecule has 42 valence electrons. The van der Waals surface area contributed by atoms with Crippen molar-refractivity contribution in [1.82, 2.24) is 0 Å². The summed E-state index contributed by atoms with van der Waals surface area (Å²) in [5, 5.41) is 0. The first kappa shape index (κ1) is 9.73. The van der Waals surface area contributed by atoms with Gasteiger partial charge in [-0.05, 0) is 0 Å². The molecule has 0 rings (SSSR count). The molecule has 0 fully saturated rings. The van der Waals surface area contributed by atoms with Crippen molar-refractivity contribution in [2.75, 3.05) is 0 Å². The first-order valence-electron chi connectivity index (χ1n) is 1.74. The Labute approximate surface area is 77.3 Å². The summed E-state index contributed by atoms with van der Waals surface area (Å²) in [6.07, 6.45) is 2.03. The minimum absolute atomic E-state index is 1.27. The number of hydrogen-bond acceptors (Lipinski definition) is 0. The van der Waals surface area contributed by atoms with Gasteiger partial charge >= 0.3 is 79.5 Å². The Kier molecular flexibility index (Phi) is 6.30. The molecule has 0 aliphatic carbocycles. The zero-order chi connectivity index (χ0) is 5.91. The normalized spacial score (nSPS) is 11.3. The van der Waals surface area contributed by atoms with Gasteiger partial charge in [0.2, 0.25) is 0 Å². The van der Waals surface area contributed by atoms with Gasteiger partial charge < -0.3 is 0 Å². The van der Waals surface area contributed by atoms with Gasteiger partial charge in [-0.15, -0.1) is 0 Å². The Morgan fingerprint density at radius 1 is 1.43 bits per heavy atom. The van der Waals surface area contributed by atoms with Crippen LogP contribution in [-0.2, 0) is 0 Å². The van der Waals surface area contributed by atoms with E-state index >= 15 is 0 Å². The molecule has 0 aliphatic heterocycles. The van der Waals surface area contributed by atoms with E-state index in [1.54, 1.807) is 0 Å². The van der Waals surface area contributed by atoms with Crippen molar-refractivity contribution in [2.45, 2.75) is 4.44 Å². The molecule has 0 bridgehead atoms. The predicted octanol–water partition coefficient (Wildman–Crippen LogP) is 3.42. The summed E-state index contributed by atoms with van der Waals surface area (Å²) in [7, 11) is 0. The SMILES string of the molecule is C=C[CH2][Sn]([I])([I])[I]. The van der Waals surface area contributed by atoms with Crippen LogP contribution in [0.1, 0.15) is 0 Å². The van der Waals surface area contributed by atoms with Crippen molar-refractivity contribution < 1.29 is 0 Å². The van der Waals surface area contributed by atoms with Crippen molar-refractivity contribution >= 4 is 62.4 Å². The maximum atomic E-state index is 3.68. The van der Waals surface area contributed by atoms with Crippen LogP contribution in [0.3, 0.4) is 0 Å². The van der Waals surface area contributed by atoms with E-state index in [4.69, 9.17) is 0 Å². The molecule has 4 heteroatoms. The number of allylic oxidation sites excluding steroid dienone is 1. The Morgan fingerprint density at radius 2 is 1.86 bits per heavy atom. The van der Waals surface area contributed by atoms with Gasteiger partial charge in [-0.25, -0.2) is 0 Å². The molecule has 0 heterocycles. The van der Waals surface area contributed by atoms with Gasteiger partial charge in [0.15, 0.2) is 0 Å². The standard InChI is InChI=1S/C3H5.3HI.Sn/c1-3-2;;;;/h3H,1-2H2;3*1H;/q;;;;+3/p-3. The number of hydrogen-bond donors (Lipinski definition) is 0. The van der Waals surface area contributed by atoms with Crippen LogP contribution < -0.4 is 0 Å². The van der Waals surface area contributed by atoms with Gasteiger partial charge in [0, 0.05) is 0 Å². The third kappa shape index (κ3) is 8.73. The van der Waals surface area contributed by atoms with Gasteiger partial charge in [-0.3, -0.25) is 0 Å². The van der Waals surface area contributed by atoms with Crippen molar-refractivity contribution in [3.8, 4) is 0 Å². The third-order valence-corrected chi connectivity index (χ3v) is 11.4. The molecule has 0 unspecified atom stereocenters. The second-order valence-electron chi connectivity index (χ2n) is 1.11. The van der Waals surface area contributed by atoms with E-state index < -0.39 is 6.47 Å². The van der Waals surface area contributed by atoms with Gasteiger partial charge in [0.25, 0.3) is 0 Å². The fourth-order valence-electron chi connectivity index (χ4n) is 0.164. The second kappa shape index (κ2) is 4.53. The van der Waals surface area contributed by atoms with Gasteiger partial charge in [-0.1, -0.05) is 0 Å².